The van der Waals surface area contributed by atoms with Crippen LogP contribution in [0.1, 0.15) is 24.9 Å². The lowest BCUT2D eigenvalue weighted by Crippen LogP contribution is -2.20. The molecule has 78 valence electrons. The van der Waals surface area contributed by atoms with E-state index in [0.717, 1.165) is 17.4 Å². The van der Waals surface area contributed by atoms with Crippen molar-refractivity contribution in [3.05, 3.63) is 34.3 Å². The summed E-state index contributed by atoms with van der Waals surface area (Å²) in [6.45, 7) is 3.23. The van der Waals surface area contributed by atoms with Gasteiger partial charge in [-0.2, -0.15) is 0 Å². The molecule has 0 saturated carbocycles. The summed E-state index contributed by atoms with van der Waals surface area (Å²) < 4.78 is 1.10. The van der Waals surface area contributed by atoms with Gasteiger partial charge in [0.25, 0.3) is 0 Å². The van der Waals surface area contributed by atoms with E-state index in [1.54, 1.807) is 0 Å². The maximum Gasteiger partial charge on any atom is 0.0443 e. The van der Waals surface area contributed by atoms with Gasteiger partial charge in [-0.3, -0.25) is 0 Å². The van der Waals surface area contributed by atoms with Crippen LogP contribution in [0.2, 0.25) is 0 Å². The van der Waals surface area contributed by atoms with Gasteiger partial charge in [-0.15, -0.1) is 0 Å². The van der Waals surface area contributed by atoms with Gasteiger partial charge in [0.15, 0.2) is 0 Å². The van der Waals surface area contributed by atoms with Crippen molar-refractivity contribution < 1.29 is 5.11 Å². The predicted octanol–water partition coefficient (Wildman–Crippen LogP) is 2.48. The van der Waals surface area contributed by atoms with Gasteiger partial charge in [-0.25, -0.2) is 0 Å². The van der Waals surface area contributed by atoms with Crippen molar-refractivity contribution in [1.82, 2.24) is 5.32 Å². The van der Waals surface area contributed by atoms with Gasteiger partial charge in [-0.1, -0.05) is 28.1 Å². The molecule has 0 fully saturated rings. The SMILES string of the molecule is C[C@@H](NCCCO)c1ccc(Br)cc1. The first-order valence-corrected chi connectivity index (χ1v) is 5.63. The zero-order chi connectivity index (χ0) is 10.4. The van der Waals surface area contributed by atoms with E-state index >= 15 is 0 Å². The van der Waals surface area contributed by atoms with Crippen molar-refractivity contribution >= 4 is 15.9 Å². The lowest BCUT2D eigenvalue weighted by atomic mass is 10.1. The summed E-state index contributed by atoms with van der Waals surface area (Å²) in [5.41, 5.74) is 1.27. The summed E-state index contributed by atoms with van der Waals surface area (Å²) in [4.78, 5) is 0. The predicted molar refractivity (Wildman–Crippen MR) is 62.3 cm³/mol. The first-order chi connectivity index (χ1) is 6.74. The molecule has 0 aliphatic carbocycles. The van der Waals surface area contributed by atoms with E-state index in [2.05, 4.69) is 40.3 Å². The number of nitrogens with one attached hydrogen (secondary N) is 1. The fraction of sp³-hybridized carbons (Fsp3) is 0.455. The molecule has 0 saturated heterocycles. The van der Waals surface area contributed by atoms with Crippen LogP contribution in [0.5, 0.6) is 0 Å². The molecule has 0 radical (unpaired) electrons. The molecule has 0 aliphatic heterocycles. The van der Waals surface area contributed by atoms with Crippen molar-refractivity contribution in [3.63, 3.8) is 0 Å². The third-order valence-corrected chi connectivity index (χ3v) is 2.68. The lowest BCUT2D eigenvalue weighted by molar-refractivity contribution is 0.284. The van der Waals surface area contributed by atoms with E-state index in [1.165, 1.54) is 5.56 Å². The minimum Gasteiger partial charge on any atom is -0.396 e. The minimum atomic E-state index is 0.250. The molecule has 3 heteroatoms. The Bertz CT molecular complexity index is 260. The highest BCUT2D eigenvalue weighted by Crippen LogP contribution is 2.16. The number of aliphatic hydroxyl groups excluding tert-OH is 1. The number of halogens is 1. The summed E-state index contributed by atoms with van der Waals surface area (Å²) in [6.07, 6.45) is 0.806. The Hall–Kier alpha value is -0.380. The van der Waals surface area contributed by atoms with Crippen LogP contribution >= 0.6 is 15.9 Å². The average Bonchev–Trinajstić information content (AvgIpc) is 2.19. The van der Waals surface area contributed by atoms with Crippen LogP contribution in [0.4, 0.5) is 0 Å². The number of benzene rings is 1. The summed E-state index contributed by atoms with van der Waals surface area (Å²) in [7, 11) is 0. The van der Waals surface area contributed by atoms with Crippen LogP contribution in [0, 0.1) is 0 Å². The highest BCUT2D eigenvalue weighted by atomic mass is 79.9. The molecular formula is C11H16BrNO. The van der Waals surface area contributed by atoms with E-state index in [1.807, 2.05) is 12.1 Å². The Morgan fingerprint density at radius 3 is 2.57 bits per heavy atom. The first-order valence-electron chi connectivity index (χ1n) is 4.83. The Labute approximate surface area is 93.5 Å². The normalized spacial score (nSPS) is 12.8. The van der Waals surface area contributed by atoms with E-state index in [-0.39, 0.29) is 6.61 Å². The fourth-order valence-electron chi connectivity index (χ4n) is 1.27. The van der Waals surface area contributed by atoms with Crippen LogP contribution in [0.15, 0.2) is 28.7 Å². The van der Waals surface area contributed by atoms with Gasteiger partial charge in [0.2, 0.25) is 0 Å². The topological polar surface area (TPSA) is 32.3 Å². The highest BCUT2D eigenvalue weighted by Gasteiger charge is 2.02. The first kappa shape index (κ1) is 11.7. The molecule has 2 N–H and O–H groups in total. The summed E-state index contributed by atoms with van der Waals surface area (Å²) >= 11 is 3.40. The Kier molecular flexibility index (Phi) is 5.15. The number of aliphatic hydroxyl groups is 1. The standard InChI is InChI=1S/C11H16BrNO/c1-9(13-7-2-8-14)10-3-5-11(12)6-4-10/h3-6,9,13-14H,2,7-8H2,1H3/t9-/m1/s1. The van der Waals surface area contributed by atoms with Crippen LogP contribution in [-0.4, -0.2) is 18.3 Å². The average molecular weight is 258 g/mol. The zero-order valence-electron chi connectivity index (χ0n) is 8.33. The van der Waals surface area contributed by atoms with Crippen LogP contribution in [0.3, 0.4) is 0 Å². The second-order valence-corrected chi connectivity index (χ2v) is 4.22. The monoisotopic (exact) mass is 257 g/mol. The van der Waals surface area contributed by atoms with Crippen molar-refractivity contribution in [1.29, 1.82) is 0 Å². The molecule has 0 heterocycles. The van der Waals surface area contributed by atoms with E-state index < -0.39 is 0 Å². The molecular weight excluding hydrogens is 242 g/mol. The Balaban J connectivity index is 2.43. The van der Waals surface area contributed by atoms with Crippen LogP contribution < -0.4 is 5.32 Å². The largest absolute Gasteiger partial charge is 0.396 e. The molecule has 0 aliphatic rings. The molecule has 14 heavy (non-hydrogen) atoms. The van der Waals surface area contributed by atoms with Crippen LogP contribution in [-0.2, 0) is 0 Å². The van der Waals surface area contributed by atoms with Crippen molar-refractivity contribution in [2.75, 3.05) is 13.2 Å². The highest BCUT2D eigenvalue weighted by molar-refractivity contribution is 9.10. The maximum atomic E-state index is 8.64. The maximum absolute atomic E-state index is 8.64. The van der Waals surface area contributed by atoms with Crippen molar-refractivity contribution in [2.45, 2.75) is 19.4 Å². The number of hydrogen-bond acceptors (Lipinski definition) is 2. The summed E-state index contributed by atoms with van der Waals surface area (Å²) in [5, 5.41) is 12.0. The molecule has 1 aromatic carbocycles. The second kappa shape index (κ2) is 6.17. The molecule has 0 amide bonds. The summed E-state index contributed by atoms with van der Waals surface area (Å²) in [5.74, 6) is 0. The van der Waals surface area contributed by atoms with E-state index in [0.29, 0.717) is 6.04 Å². The molecule has 1 atom stereocenters. The smallest absolute Gasteiger partial charge is 0.0443 e. The fourth-order valence-corrected chi connectivity index (χ4v) is 1.53. The van der Waals surface area contributed by atoms with Gasteiger partial charge < -0.3 is 10.4 Å². The third-order valence-electron chi connectivity index (χ3n) is 2.16. The van der Waals surface area contributed by atoms with Gasteiger partial charge in [0.05, 0.1) is 0 Å². The second-order valence-electron chi connectivity index (χ2n) is 3.30. The molecule has 0 unspecified atom stereocenters. The van der Waals surface area contributed by atoms with Crippen molar-refractivity contribution in [2.24, 2.45) is 0 Å². The quantitative estimate of drug-likeness (QED) is 0.795. The Morgan fingerprint density at radius 2 is 2.00 bits per heavy atom. The minimum absolute atomic E-state index is 0.250. The molecule has 1 aromatic rings. The van der Waals surface area contributed by atoms with Crippen LogP contribution in [0.25, 0.3) is 0 Å². The molecule has 2 nitrogen and oxygen atoms in total. The van der Waals surface area contributed by atoms with Gasteiger partial charge in [0.1, 0.15) is 0 Å². The zero-order valence-corrected chi connectivity index (χ0v) is 9.92. The third kappa shape index (κ3) is 3.78. The van der Waals surface area contributed by atoms with Crippen molar-refractivity contribution in [3.8, 4) is 0 Å². The summed E-state index contributed by atoms with van der Waals surface area (Å²) in [6, 6.07) is 8.62. The number of hydrogen-bond donors (Lipinski definition) is 2. The van der Waals surface area contributed by atoms with E-state index in [9.17, 15) is 0 Å². The molecule has 0 aromatic heterocycles. The van der Waals surface area contributed by atoms with E-state index in [4.69, 9.17) is 5.11 Å². The number of rotatable bonds is 5. The molecule has 0 bridgehead atoms. The van der Waals surface area contributed by atoms with Gasteiger partial charge in [0, 0.05) is 17.1 Å². The Morgan fingerprint density at radius 1 is 1.36 bits per heavy atom. The molecule has 1 rings (SSSR count). The molecule has 0 spiro atoms. The van der Waals surface area contributed by atoms with Gasteiger partial charge >= 0.3 is 0 Å². The van der Waals surface area contributed by atoms with Gasteiger partial charge in [-0.05, 0) is 37.6 Å². The lowest BCUT2D eigenvalue weighted by Gasteiger charge is -2.13.